The van der Waals surface area contributed by atoms with Gasteiger partial charge in [0.1, 0.15) is 11.8 Å². The minimum absolute atomic E-state index is 0.0286. The molecule has 0 radical (unpaired) electrons. The summed E-state index contributed by atoms with van der Waals surface area (Å²) < 4.78 is 11.7. The van der Waals surface area contributed by atoms with Crippen molar-refractivity contribution in [3.63, 3.8) is 0 Å². The van der Waals surface area contributed by atoms with Gasteiger partial charge in [0, 0.05) is 5.92 Å². The van der Waals surface area contributed by atoms with Crippen molar-refractivity contribution in [2.45, 2.75) is 33.8 Å². The third kappa shape index (κ3) is 6.15. The second-order valence-electron chi connectivity index (χ2n) is 3.22. The minimum Gasteiger partial charge on any atom is -0.392 e. The summed E-state index contributed by atoms with van der Waals surface area (Å²) in [6.07, 6.45) is 0.0286. The van der Waals surface area contributed by atoms with Crippen molar-refractivity contribution < 1.29 is 9.23 Å². The summed E-state index contributed by atoms with van der Waals surface area (Å²) in [5, 5.41) is 3.84. The van der Waals surface area contributed by atoms with Crippen LogP contribution in [-0.2, 0) is 4.84 Å². The quantitative estimate of drug-likeness (QED) is 0.376. The molecule has 0 unspecified atom stereocenters. The zero-order valence-corrected chi connectivity index (χ0v) is 8.60. The molecule has 3 heteroatoms. The van der Waals surface area contributed by atoms with Crippen LogP contribution in [0.3, 0.4) is 0 Å². The Labute approximate surface area is 79.2 Å². The molecule has 0 atom stereocenters. The highest BCUT2D eigenvalue weighted by Gasteiger charge is 2.02. The van der Waals surface area contributed by atoms with Crippen LogP contribution in [-0.4, -0.2) is 18.5 Å². The third-order valence-corrected chi connectivity index (χ3v) is 1.19. The fraction of sp³-hybridized carbons (Fsp3) is 0.700. The topological polar surface area (TPSA) is 21.6 Å². The zero-order valence-electron chi connectivity index (χ0n) is 8.60. The molecule has 2 nitrogen and oxygen atoms in total. The van der Waals surface area contributed by atoms with Gasteiger partial charge in [0.25, 0.3) is 0 Å². The van der Waals surface area contributed by atoms with E-state index in [1.165, 1.54) is 0 Å². The highest BCUT2D eigenvalue weighted by molar-refractivity contribution is 6.01. The molecule has 0 aliphatic heterocycles. The van der Waals surface area contributed by atoms with E-state index in [9.17, 15) is 4.39 Å². The lowest BCUT2D eigenvalue weighted by Gasteiger charge is -2.05. The summed E-state index contributed by atoms with van der Waals surface area (Å²) in [5.74, 6) is 5.11. The van der Waals surface area contributed by atoms with E-state index in [2.05, 4.69) is 17.0 Å². The van der Waals surface area contributed by atoms with Gasteiger partial charge in [-0.25, -0.2) is 4.39 Å². The molecule has 0 aliphatic rings. The Morgan fingerprint density at radius 3 is 2.38 bits per heavy atom. The van der Waals surface area contributed by atoms with Crippen molar-refractivity contribution in [2.75, 3.05) is 6.67 Å². The first kappa shape index (κ1) is 12.0. The predicted molar refractivity (Wildman–Crippen MR) is 52.2 cm³/mol. The van der Waals surface area contributed by atoms with Gasteiger partial charge in [-0.1, -0.05) is 24.9 Å². The van der Waals surface area contributed by atoms with E-state index in [1.54, 1.807) is 0 Å². The summed E-state index contributed by atoms with van der Waals surface area (Å²) in [4.78, 5) is 5.03. The Balaban J connectivity index is 4.32. The molecule has 0 saturated carbocycles. The molecule has 0 aliphatic carbocycles. The standard InChI is InChI=1S/C10H16FNO/c1-8(2)10(6-5-7-11)12-13-9(3)4/h8-9H,7H2,1-4H3/b12-10+. The molecule has 0 N–H and O–H groups in total. The Kier molecular flexibility index (Phi) is 5.96. The van der Waals surface area contributed by atoms with Crippen LogP contribution in [0.4, 0.5) is 4.39 Å². The fourth-order valence-electron chi connectivity index (χ4n) is 0.559. The van der Waals surface area contributed by atoms with Gasteiger partial charge < -0.3 is 4.84 Å². The van der Waals surface area contributed by atoms with Gasteiger partial charge in [0.15, 0.2) is 6.67 Å². The lowest BCUT2D eigenvalue weighted by molar-refractivity contribution is 0.0853. The first-order valence-electron chi connectivity index (χ1n) is 4.36. The second kappa shape index (κ2) is 6.47. The maximum atomic E-state index is 11.7. The van der Waals surface area contributed by atoms with Crippen molar-refractivity contribution in [1.82, 2.24) is 0 Å². The molecule has 0 amide bonds. The molecule has 0 saturated heterocycles. The number of rotatable bonds is 3. The molecule has 0 heterocycles. The largest absolute Gasteiger partial charge is 0.392 e. The fourth-order valence-corrected chi connectivity index (χ4v) is 0.559. The molecule has 0 spiro atoms. The summed E-state index contributed by atoms with van der Waals surface area (Å²) in [5.41, 5.74) is 0.589. The first-order chi connectivity index (χ1) is 6.07. The van der Waals surface area contributed by atoms with Crippen molar-refractivity contribution >= 4 is 5.71 Å². The normalized spacial score (nSPS) is 11.5. The Morgan fingerprint density at radius 2 is 2.00 bits per heavy atom. The molecule has 13 heavy (non-hydrogen) atoms. The summed E-state index contributed by atoms with van der Waals surface area (Å²) >= 11 is 0. The van der Waals surface area contributed by atoms with Crippen LogP contribution in [0.15, 0.2) is 5.16 Å². The second-order valence-corrected chi connectivity index (χ2v) is 3.22. The molecule has 0 aromatic heterocycles. The van der Waals surface area contributed by atoms with Crippen molar-refractivity contribution in [3.8, 4) is 11.8 Å². The molecule has 74 valence electrons. The molecule has 0 rings (SSSR count). The van der Waals surface area contributed by atoms with Gasteiger partial charge >= 0.3 is 0 Å². The van der Waals surface area contributed by atoms with E-state index < -0.39 is 6.67 Å². The first-order valence-corrected chi connectivity index (χ1v) is 4.36. The van der Waals surface area contributed by atoms with E-state index >= 15 is 0 Å². The molecular weight excluding hydrogens is 169 g/mol. The maximum Gasteiger partial charge on any atom is 0.150 e. The van der Waals surface area contributed by atoms with Crippen LogP contribution in [0.2, 0.25) is 0 Å². The highest BCUT2D eigenvalue weighted by atomic mass is 19.1. The van der Waals surface area contributed by atoms with Crippen LogP contribution >= 0.6 is 0 Å². The van der Waals surface area contributed by atoms with Crippen molar-refractivity contribution in [1.29, 1.82) is 0 Å². The number of hydrogen-bond donors (Lipinski definition) is 0. The van der Waals surface area contributed by atoms with Gasteiger partial charge in [0.05, 0.1) is 0 Å². The Bertz CT molecular complexity index is 223. The molecule has 0 fully saturated rings. The lowest BCUT2D eigenvalue weighted by Crippen LogP contribution is -2.08. The number of nitrogens with zero attached hydrogens (tertiary/aromatic N) is 1. The van der Waals surface area contributed by atoms with E-state index in [0.29, 0.717) is 5.71 Å². The average molecular weight is 185 g/mol. The van der Waals surface area contributed by atoms with Gasteiger partial charge in [0.2, 0.25) is 0 Å². The van der Waals surface area contributed by atoms with E-state index in [4.69, 9.17) is 4.84 Å². The zero-order chi connectivity index (χ0) is 10.3. The van der Waals surface area contributed by atoms with Gasteiger partial charge in [-0.2, -0.15) is 0 Å². The van der Waals surface area contributed by atoms with Gasteiger partial charge in [-0.3, -0.25) is 0 Å². The van der Waals surface area contributed by atoms with Crippen LogP contribution in [0, 0.1) is 17.8 Å². The van der Waals surface area contributed by atoms with Crippen molar-refractivity contribution in [2.24, 2.45) is 11.1 Å². The average Bonchev–Trinajstić information content (AvgIpc) is 2.03. The third-order valence-electron chi connectivity index (χ3n) is 1.19. The van der Waals surface area contributed by atoms with E-state index in [0.717, 1.165) is 0 Å². The number of hydrogen-bond acceptors (Lipinski definition) is 2. The summed E-state index contributed by atoms with van der Waals surface area (Å²) in [6.45, 7) is 6.99. The van der Waals surface area contributed by atoms with E-state index in [1.807, 2.05) is 27.7 Å². The molecule has 0 bridgehead atoms. The Hall–Kier alpha value is -1.04. The number of halogens is 1. The van der Waals surface area contributed by atoms with E-state index in [-0.39, 0.29) is 12.0 Å². The van der Waals surface area contributed by atoms with Gasteiger partial charge in [-0.05, 0) is 19.8 Å². The maximum absolute atomic E-state index is 11.7. The molecule has 0 aromatic carbocycles. The van der Waals surface area contributed by atoms with Gasteiger partial charge in [-0.15, -0.1) is 0 Å². The minimum atomic E-state index is -0.645. The van der Waals surface area contributed by atoms with Crippen LogP contribution in [0.25, 0.3) is 0 Å². The number of oxime groups is 1. The molecular formula is C10H16FNO. The monoisotopic (exact) mass is 185 g/mol. The SMILES string of the molecule is CC(C)O/N=C(\C#CCF)C(C)C. The predicted octanol–water partition coefficient (Wildman–Crippen LogP) is 2.40. The lowest BCUT2D eigenvalue weighted by atomic mass is 10.1. The highest BCUT2D eigenvalue weighted by Crippen LogP contribution is 1.98. The number of alkyl halides is 1. The van der Waals surface area contributed by atoms with Crippen LogP contribution in [0.1, 0.15) is 27.7 Å². The summed E-state index contributed by atoms with van der Waals surface area (Å²) in [7, 11) is 0. The van der Waals surface area contributed by atoms with Crippen LogP contribution < -0.4 is 0 Å². The van der Waals surface area contributed by atoms with Crippen molar-refractivity contribution in [3.05, 3.63) is 0 Å². The Morgan fingerprint density at radius 1 is 1.38 bits per heavy atom. The smallest absolute Gasteiger partial charge is 0.150 e. The van der Waals surface area contributed by atoms with Crippen LogP contribution in [0.5, 0.6) is 0 Å². The summed E-state index contributed by atoms with van der Waals surface area (Å²) in [6, 6.07) is 0. The molecule has 0 aromatic rings.